The van der Waals surface area contributed by atoms with Gasteiger partial charge in [0, 0.05) is 24.0 Å². The maximum atomic E-state index is 11.9. The molecule has 0 bridgehead atoms. The summed E-state index contributed by atoms with van der Waals surface area (Å²) in [5, 5.41) is 0. The zero-order valence-electron chi connectivity index (χ0n) is 8.74. The van der Waals surface area contributed by atoms with Crippen molar-refractivity contribution in [3.05, 3.63) is 29.8 Å². The zero-order chi connectivity index (χ0) is 10.8. The molecule has 0 fully saturated rings. The van der Waals surface area contributed by atoms with Gasteiger partial charge in [-0.2, -0.15) is 0 Å². The molecule has 0 saturated heterocycles. The Morgan fingerprint density at radius 3 is 3.00 bits per heavy atom. The highest BCUT2D eigenvalue weighted by Gasteiger charge is 2.29. The van der Waals surface area contributed by atoms with Crippen LogP contribution in [0.2, 0.25) is 0 Å². The van der Waals surface area contributed by atoms with Gasteiger partial charge in [-0.1, -0.05) is 18.2 Å². The maximum Gasteiger partial charge on any atom is 0.228 e. The smallest absolute Gasteiger partial charge is 0.228 e. The second kappa shape index (κ2) is 4.23. The molecule has 80 valence electrons. The molecular weight excluding hydrogens is 210 g/mol. The first-order valence-electron chi connectivity index (χ1n) is 5.20. The van der Waals surface area contributed by atoms with Crippen LogP contribution >= 0.6 is 11.6 Å². The minimum absolute atomic E-state index is 0.127. The van der Waals surface area contributed by atoms with Crippen molar-refractivity contribution < 1.29 is 4.79 Å². The summed E-state index contributed by atoms with van der Waals surface area (Å²) >= 11 is 5.60. The molecule has 0 spiro atoms. The molecule has 0 aromatic heterocycles. The van der Waals surface area contributed by atoms with Gasteiger partial charge >= 0.3 is 0 Å². The van der Waals surface area contributed by atoms with Crippen LogP contribution in [-0.2, 0) is 11.2 Å². The van der Waals surface area contributed by atoms with Crippen molar-refractivity contribution in [1.29, 1.82) is 0 Å². The van der Waals surface area contributed by atoms with Crippen molar-refractivity contribution in [3.8, 4) is 0 Å². The molecule has 0 unspecified atom stereocenters. The van der Waals surface area contributed by atoms with Gasteiger partial charge in [0.1, 0.15) is 0 Å². The Morgan fingerprint density at radius 2 is 2.27 bits per heavy atom. The molecule has 1 aliphatic heterocycles. The molecule has 3 heteroatoms. The number of alkyl halides is 1. The second-order valence-electron chi connectivity index (χ2n) is 3.88. The highest BCUT2D eigenvalue weighted by Crippen LogP contribution is 2.32. The predicted molar refractivity (Wildman–Crippen MR) is 62.4 cm³/mol. The van der Waals surface area contributed by atoms with E-state index in [1.807, 2.05) is 23.1 Å². The summed E-state index contributed by atoms with van der Waals surface area (Å²) < 4.78 is 0. The fourth-order valence-electron chi connectivity index (χ4n) is 2.15. The lowest BCUT2D eigenvalue weighted by atomic mass is 10.1. The van der Waals surface area contributed by atoms with Crippen molar-refractivity contribution >= 4 is 23.2 Å². The molecule has 1 amide bonds. The Bertz CT molecular complexity index is 378. The SMILES string of the molecule is C[C@H]1Cc2ccccc2N1C(=O)CCCl. The maximum absolute atomic E-state index is 11.9. The highest BCUT2D eigenvalue weighted by molar-refractivity contribution is 6.19. The first-order valence-corrected chi connectivity index (χ1v) is 5.73. The van der Waals surface area contributed by atoms with Crippen LogP contribution in [0.15, 0.2) is 24.3 Å². The van der Waals surface area contributed by atoms with E-state index >= 15 is 0 Å². The van der Waals surface area contributed by atoms with E-state index in [0.29, 0.717) is 12.3 Å². The number of halogens is 1. The van der Waals surface area contributed by atoms with Gasteiger partial charge in [-0.05, 0) is 25.0 Å². The summed E-state index contributed by atoms with van der Waals surface area (Å²) in [5.41, 5.74) is 2.31. The number of carbonyl (C=O) groups excluding carboxylic acids is 1. The monoisotopic (exact) mass is 223 g/mol. The van der Waals surface area contributed by atoms with Gasteiger partial charge in [-0.3, -0.25) is 4.79 Å². The van der Waals surface area contributed by atoms with E-state index in [1.165, 1.54) is 5.56 Å². The number of anilines is 1. The summed E-state index contributed by atoms with van der Waals surface area (Å²) in [6, 6.07) is 8.34. The van der Waals surface area contributed by atoms with Crippen molar-refractivity contribution in [2.24, 2.45) is 0 Å². The number of fused-ring (bicyclic) bond motifs is 1. The topological polar surface area (TPSA) is 20.3 Å². The lowest BCUT2D eigenvalue weighted by Gasteiger charge is -2.22. The molecular formula is C12H14ClNO. The van der Waals surface area contributed by atoms with Crippen LogP contribution in [0.5, 0.6) is 0 Å². The van der Waals surface area contributed by atoms with E-state index in [2.05, 4.69) is 13.0 Å². The van der Waals surface area contributed by atoms with Gasteiger partial charge in [0.05, 0.1) is 0 Å². The zero-order valence-corrected chi connectivity index (χ0v) is 9.50. The number of para-hydroxylation sites is 1. The van der Waals surface area contributed by atoms with Gasteiger partial charge in [-0.25, -0.2) is 0 Å². The fourth-order valence-corrected chi connectivity index (χ4v) is 2.31. The van der Waals surface area contributed by atoms with Crippen molar-refractivity contribution in [2.45, 2.75) is 25.8 Å². The lowest BCUT2D eigenvalue weighted by molar-refractivity contribution is -0.118. The highest BCUT2D eigenvalue weighted by atomic mass is 35.5. The fraction of sp³-hybridized carbons (Fsp3) is 0.417. The third kappa shape index (κ3) is 1.86. The van der Waals surface area contributed by atoms with Crippen molar-refractivity contribution in [1.82, 2.24) is 0 Å². The Hall–Kier alpha value is -1.02. The lowest BCUT2D eigenvalue weighted by Crippen LogP contribution is -2.35. The van der Waals surface area contributed by atoms with E-state index in [1.54, 1.807) is 0 Å². The first-order chi connectivity index (χ1) is 7.24. The van der Waals surface area contributed by atoms with Crippen molar-refractivity contribution in [3.63, 3.8) is 0 Å². The molecule has 1 aromatic carbocycles. The van der Waals surface area contributed by atoms with Crippen LogP contribution in [0.3, 0.4) is 0 Å². The number of amides is 1. The van der Waals surface area contributed by atoms with E-state index in [9.17, 15) is 4.79 Å². The molecule has 0 N–H and O–H groups in total. The third-order valence-corrected chi connectivity index (χ3v) is 2.97. The average molecular weight is 224 g/mol. The molecule has 1 atom stereocenters. The molecule has 15 heavy (non-hydrogen) atoms. The van der Waals surface area contributed by atoms with Crippen molar-refractivity contribution in [2.75, 3.05) is 10.8 Å². The Kier molecular flexibility index (Phi) is 2.96. The molecule has 1 aromatic rings. The third-order valence-electron chi connectivity index (χ3n) is 2.78. The normalized spacial score (nSPS) is 19.1. The molecule has 2 rings (SSSR count). The van der Waals surface area contributed by atoms with Crippen LogP contribution in [0.4, 0.5) is 5.69 Å². The summed E-state index contributed by atoms with van der Waals surface area (Å²) in [4.78, 5) is 13.7. The van der Waals surface area contributed by atoms with Gasteiger partial charge < -0.3 is 4.90 Å². The largest absolute Gasteiger partial charge is 0.309 e. The number of rotatable bonds is 2. The average Bonchev–Trinajstić information content (AvgIpc) is 2.54. The molecule has 1 heterocycles. The summed E-state index contributed by atoms with van der Waals surface area (Å²) in [7, 11) is 0. The molecule has 0 aliphatic carbocycles. The Morgan fingerprint density at radius 1 is 1.53 bits per heavy atom. The number of hydrogen-bond donors (Lipinski definition) is 0. The van der Waals surface area contributed by atoms with E-state index < -0.39 is 0 Å². The van der Waals surface area contributed by atoms with Crippen LogP contribution in [0, 0.1) is 0 Å². The molecule has 0 radical (unpaired) electrons. The first kappa shape index (κ1) is 10.5. The predicted octanol–water partition coefficient (Wildman–Crippen LogP) is 2.59. The molecule has 1 aliphatic rings. The quantitative estimate of drug-likeness (QED) is 0.706. The number of benzene rings is 1. The van der Waals surface area contributed by atoms with Gasteiger partial charge in [0.25, 0.3) is 0 Å². The minimum atomic E-state index is 0.127. The summed E-state index contributed by atoms with van der Waals surface area (Å²) in [6.07, 6.45) is 1.37. The number of carbonyl (C=O) groups is 1. The Balaban J connectivity index is 2.29. The molecule has 2 nitrogen and oxygen atoms in total. The minimum Gasteiger partial charge on any atom is -0.309 e. The van der Waals surface area contributed by atoms with Crippen LogP contribution in [0.1, 0.15) is 18.9 Å². The Labute approximate surface area is 94.8 Å². The van der Waals surface area contributed by atoms with Gasteiger partial charge in [0.2, 0.25) is 5.91 Å². The van der Waals surface area contributed by atoms with Crippen LogP contribution in [-0.4, -0.2) is 17.8 Å². The summed E-state index contributed by atoms with van der Waals surface area (Å²) in [5.74, 6) is 0.520. The van der Waals surface area contributed by atoms with E-state index in [-0.39, 0.29) is 11.9 Å². The van der Waals surface area contributed by atoms with Crippen LogP contribution in [0.25, 0.3) is 0 Å². The number of nitrogens with zero attached hydrogens (tertiary/aromatic N) is 1. The van der Waals surface area contributed by atoms with E-state index in [0.717, 1.165) is 12.1 Å². The molecule has 0 saturated carbocycles. The number of hydrogen-bond acceptors (Lipinski definition) is 1. The summed E-state index contributed by atoms with van der Waals surface area (Å²) in [6.45, 7) is 2.08. The van der Waals surface area contributed by atoms with Gasteiger partial charge in [-0.15, -0.1) is 11.6 Å². The standard InChI is InChI=1S/C12H14ClNO/c1-9-8-10-4-2-3-5-11(10)14(9)12(15)6-7-13/h2-5,9H,6-8H2,1H3/t9-/m0/s1. The van der Waals surface area contributed by atoms with Crippen LogP contribution < -0.4 is 4.90 Å². The second-order valence-corrected chi connectivity index (χ2v) is 4.26. The van der Waals surface area contributed by atoms with Gasteiger partial charge in [0.15, 0.2) is 0 Å². The van der Waals surface area contributed by atoms with E-state index in [4.69, 9.17) is 11.6 Å².